The third kappa shape index (κ3) is 4.74. The highest BCUT2D eigenvalue weighted by Crippen LogP contribution is 2.24. The Morgan fingerprint density at radius 2 is 1.96 bits per heavy atom. The van der Waals surface area contributed by atoms with E-state index in [1.165, 1.54) is 17.8 Å². The van der Waals surface area contributed by atoms with Crippen molar-refractivity contribution in [3.05, 3.63) is 71.3 Å². The average molecular weight is 384 g/mol. The molecule has 0 unspecified atom stereocenters. The van der Waals surface area contributed by atoms with Crippen molar-refractivity contribution in [2.24, 2.45) is 7.05 Å². The second kappa shape index (κ2) is 8.35. The van der Waals surface area contributed by atoms with Gasteiger partial charge in [0.2, 0.25) is 5.91 Å². The number of nitrogens with zero attached hydrogens (tertiary/aromatic N) is 3. The zero-order valence-corrected chi connectivity index (χ0v) is 16.3. The maximum Gasteiger partial charge on any atom is 0.237 e. The molecule has 0 saturated carbocycles. The van der Waals surface area contributed by atoms with Gasteiger partial charge in [-0.3, -0.25) is 4.79 Å². The summed E-state index contributed by atoms with van der Waals surface area (Å²) in [5, 5.41) is 11.4. The summed E-state index contributed by atoms with van der Waals surface area (Å²) in [6, 6.07) is 14.7. The van der Waals surface area contributed by atoms with Gasteiger partial charge in [0.05, 0.1) is 5.25 Å². The first-order chi connectivity index (χ1) is 12.9. The maximum atomic E-state index is 13.6. The number of halogens is 1. The van der Waals surface area contributed by atoms with E-state index in [0.29, 0.717) is 22.8 Å². The molecule has 0 aliphatic heterocycles. The molecule has 1 amide bonds. The van der Waals surface area contributed by atoms with Gasteiger partial charge in [0.1, 0.15) is 11.6 Å². The summed E-state index contributed by atoms with van der Waals surface area (Å²) in [4.78, 5) is 12.4. The highest BCUT2D eigenvalue weighted by Gasteiger charge is 2.19. The summed E-state index contributed by atoms with van der Waals surface area (Å²) in [6.07, 6.45) is 0.675. The minimum Gasteiger partial charge on any atom is -0.325 e. The second-order valence-electron chi connectivity index (χ2n) is 6.33. The number of carbonyl (C=O) groups is 1. The molecule has 0 aliphatic rings. The molecule has 1 atom stereocenters. The molecule has 5 nitrogen and oxygen atoms in total. The van der Waals surface area contributed by atoms with Crippen molar-refractivity contribution in [1.82, 2.24) is 14.8 Å². The normalized spacial score (nSPS) is 12.0. The lowest BCUT2D eigenvalue weighted by Gasteiger charge is -2.12. The first-order valence-electron chi connectivity index (χ1n) is 8.60. The van der Waals surface area contributed by atoms with E-state index in [0.717, 1.165) is 11.4 Å². The molecule has 0 bridgehead atoms. The van der Waals surface area contributed by atoms with Crippen LogP contribution in [0.4, 0.5) is 10.1 Å². The lowest BCUT2D eigenvalue weighted by molar-refractivity contribution is -0.115. The van der Waals surface area contributed by atoms with Crippen molar-refractivity contribution in [1.29, 1.82) is 0 Å². The highest BCUT2D eigenvalue weighted by molar-refractivity contribution is 8.00. The molecule has 140 valence electrons. The SMILES string of the molecule is Cc1ccc(NC(=O)[C@@H](C)Sc2nnc(Cc3ccccc3)n2C)cc1F. The molecule has 1 aromatic heterocycles. The number of thioether (sulfide) groups is 1. The van der Waals surface area contributed by atoms with Gasteiger partial charge >= 0.3 is 0 Å². The van der Waals surface area contributed by atoms with Crippen LogP contribution in [0.15, 0.2) is 53.7 Å². The number of anilines is 1. The van der Waals surface area contributed by atoms with Crippen molar-refractivity contribution >= 4 is 23.4 Å². The molecule has 0 fully saturated rings. The Labute approximate surface area is 162 Å². The Balaban J connectivity index is 1.64. The van der Waals surface area contributed by atoms with Crippen LogP contribution in [0.5, 0.6) is 0 Å². The van der Waals surface area contributed by atoms with Gasteiger partial charge in [0.15, 0.2) is 5.16 Å². The van der Waals surface area contributed by atoms with Gasteiger partial charge in [-0.2, -0.15) is 0 Å². The minimum atomic E-state index is -0.401. The van der Waals surface area contributed by atoms with E-state index in [2.05, 4.69) is 15.5 Å². The third-order valence-corrected chi connectivity index (χ3v) is 5.35. The molecular formula is C20H21FN4OS. The Kier molecular flexibility index (Phi) is 5.91. The monoisotopic (exact) mass is 384 g/mol. The van der Waals surface area contributed by atoms with Crippen molar-refractivity contribution in [2.75, 3.05) is 5.32 Å². The van der Waals surface area contributed by atoms with E-state index in [-0.39, 0.29) is 11.7 Å². The quantitative estimate of drug-likeness (QED) is 0.653. The number of aromatic nitrogens is 3. The topological polar surface area (TPSA) is 59.8 Å². The van der Waals surface area contributed by atoms with Crippen LogP contribution in [-0.4, -0.2) is 25.9 Å². The first-order valence-corrected chi connectivity index (χ1v) is 9.48. The summed E-state index contributed by atoms with van der Waals surface area (Å²) >= 11 is 1.32. The number of amides is 1. The zero-order valence-electron chi connectivity index (χ0n) is 15.4. The van der Waals surface area contributed by atoms with Crippen molar-refractivity contribution in [2.45, 2.75) is 30.7 Å². The van der Waals surface area contributed by atoms with Crippen molar-refractivity contribution in [3.63, 3.8) is 0 Å². The molecule has 1 N–H and O–H groups in total. The van der Waals surface area contributed by atoms with E-state index in [9.17, 15) is 9.18 Å². The molecule has 0 aliphatic carbocycles. The highest BCUT2D eigenvalue weighted by atomic mass is 32.2. The molecule has 0 spiro atoms. The summed E-state index contributed by atoms with van der Waals surface area (Å²) in [5.74, 6) is 0.278. The van der Waals surface area contributed by atoms with E-state index in [1.54, 1.807) is 26.0 Å². The van der Waals surface area contributed by atoms with E-state index in [1.807, 2.05) is 41.9 Å². The zero-order chi connectivity index (χ0) is 19.4. The predicted molar refractivity (Wildman–Crippen MR) is 105 cm³/mol. The van der Waals surface area contributed by atoms with Crippen LogP contribution < -0.4 is 5.32 Å². The smallest absolute Gasteiger partial charge is 0.237 e. The fourth-order valence-electron chi connectivity index (χ4n) is 2.51. The van der Waals surface area contributed by atoms with Crippen LogP contribution in [0, 0.1) is 12.7 Å². The van der Waals surface area contributed by atoms with Crippen molar-refractivity contribution < 1.29 is 9.18 Å². The Bertz CT molecular complexity index is 942. The number of hydrogen-bond acceptors (Lipinski definition) is 4. The van der Waals surface area contributed by atoms with Gasteiger partial charge in [-0.1, -0.05) is 48.2 Å². The number of hydrogen-bond donors (Lipinski definition) is 1. The van der Waals surface area contributed by atoms with Gasteiger partial charge in [-0.25, -0.2) is 4.39 Å². The van der Waals surface area contributed by atoms with Crippen LogP contribution in [0.25, 0.3) is 0 Å². The van der Waals surface area contributed by atoms with Gasteiger partial charge in [0, 0.05) is 19.2 Å². The third-order valence-electron chi connectivity index (χ3n) is 4.22. The lowest BCUT2D eigenvalue weighted by Crippen LogP contribution is -2.23. The maximum absolute atomic E-state index is 13.6. The lowest BCUT2D eigenvalue weighted by atomic mass is 10.1. The van der Waals surface area contributed by atoms with Gasteiger partial charge in [0.25, 0.3) is 0 Å². The first kappa shape index (κ1) is 19.1. The van der Waals surface area contributed by atoms with Gasteiger partial charge in [-0.05, 0) is 37.1 Å². The summed E-state index contributed by atoms with van der Waals surface area (Å²) in [7, 11) is 1.89. The van der Waals surface area contributed by atoms with Gasteiger partial charge < -0.3 is 9.88 Å². The van der Waals surface area contributed by atoms with Crippen LogP contribution in [0.1, 0.15) is 23.9 Å². The van der Waals surface area contributed by atoms with Crippen LogP contribution in [0.3, 0.4) is 0 Å². The average Bonchev–Trinajstić information content (AvgIpc) is 2.99. The van der Waals surface area contributed by atoms with Crippen LogP contribution in [-0.2, 0) is 18.3 Å². The molecule has 1 heterocycles. The van der Waals surface area contributed by atoms with Crippen LogP contribution in [0.2, 0.25) is 0 Å². The van der Waals surface area contributed by atoms with Crippen molar-refractivity contribution in [3.8, 4) is 0 Å². The Morgan fingerprint density at radius 1 is 1.22 bits per heavy atom. The molecule has 2 aromatic carbocycles. The number of carbonyl (C=O) groups excluding carboxylic acids is 1. The fourth-order valence-corrected chi connectivity index (χ4v) is 3.34. The predicted octanol–water partition coefficient (Wildman–Crippen LogP) is 3.97. The summed E-state index contributed by atoms with van der Waals surface area (Å²) < 4.78 is 15.5. The molecular weight excluding hydrogens is 363 g/mol. The van der Waals surface area contributed by atoms with E-state index in [4.69, 9.17) is 0 Å². The number of rotatable bonds is 6. The Morgan fingerprint density at radius 3 is 2.67 bits per heavy atom. The molecule has 0 radical (unpaired) electrons. The summed E-state index contributed by atoms with van der Waals surface area (Å²) in [6.45, 7) is 3.47. The van der Waals surface area contributed by atoms with E-state index >= 15 is 0 Å². The molecule has 7 heteroatoms. The van der Waals surface area contributed by atoms with Crippen LogP contribution >= 0.6 is 11.8 Å². The molecule has 3 aromatic rings. The minimum absolute atomic E-state index is 0.212. The fraction of sp³-hybridized carbons (Fsp3) is 0.250. The standard InChI is InChI=1S/C20H21FN4OS/c1-13-9-10-16(12-17(13)21)22-19(26)14(2)27-20-24-23-18(25(20)3)11-15-7-5-4-6-8-15/h4-10,12,14H,11H2,1-3H3,(H,22,26)/t14-/m1/s1. The second-order valence-corrected chi connectivity index (χ2v) is 7.64. The largest absolute Gasteiger partial charge is 0.325 e. The number of benzene rings is 2. The summed E-state index contributed by atoms with van der Waals surface area (Å²) in [5.41, 5.74) is 2.13. The number of nitrogens with one attached hydrogen (secondary N) is 1. The molecule has 27 heavy (non-hydrogen) atoms. The van der Waals surface area contributed by atoms with Gasteiger partial charge in [-0.15, -0.1) is 10.2 Å². The molecule has 0 saturated heterocycles. The Hall–Kier alpha value is -2.67. The van der Waals surface area contributed by atoms with E-state index < -0.39 is 5.25 Å². The number of aryl methyl sites for hydroxylation is 1. The molecule has 3 rings (SSSR count).